The first-order valence-electron chi connectivity index (χ1n) is 19.1. The summed E-state index contributed by atoms with van der Waals surface area (Å²) < 4.78 is 39.1. The number of hydrogen-bond acceptors (Lipinski definition) is 27. The summed E-state index contributed by atoms with van der Waals surface area (Å²) in [5.74, 6) is -36.3. The van der Waals surface area contributed by atoms with E-state index in [1.54, 1.807) is 0 Å². The molecule has 7 atom stereocenters. The third-order valence-corrected chi connectivity index (χ3v) is 11.5. The van der Waals surface area contributed by atoms with Gasteiger partial charge in [0.1, 0.15) is 12.7 Å². The van der Waals surface area contributed by atoms with Crippen LogP contribution in [0.1, 0.15) is 52.9 Å². The molecule has 354 valence electrons. The van der Waals surface area contributed by atoms with Gasteiger partial charge in [0.15, 0.2) is 64.0 Å². The van der Waals surface area contributed by atoms with Crippen molar-refractivity contribution in [2.45, 2.75) is 48.2 Å². The van der Waals surface area contributed by atoms with Crippen LogP contribution in [-0.4, -0.2) is 156 Å². The van der Waals surface area contributed by atoms with E-state index < -0.39 is 204 Å². The maximum atomic E-state index is 14.6. The van der Waals surface area contributed by atoms with E-state index in [2.05, 4.69) is 0 Å². The van der Waals surface area contributed by atoms with E-state index in [9.17, 15) is 100 Å². The number of benzene rings is 4. The van der Waals surface area contributed by atoms with E-state index in [0.717, 1.165) is 0 Å². The van der Waals surface area contributed by atoms with Crippen LogP contribution in [0.2, 0.25) is 0 Å². The van der Waals surface area contributed by atoms with Gasteiger partial charge >= 0.3 is 29.8 Å². The van der Waals surface area contributed by atoms with Crippen LogP contribution in [0.15, 0.2) is 42.0 Å². The van der Waals surface area contributed by atoms with Crippen molar-refractivity contribution in [3.63, 3.8) is 0 Å². The van der Waals surface area contributed by atoms with Crippen LogP contribution in [0.3, 0.4) is 0 Å². The van der Waals surface area contributed by atoms with Crippen molar-refractivity contribution in [3.8, 4) is 80.1 Å². The van der Waals surface area contributed by atoms with Crippen molar-refractivity contribution in [2.24, 2.45) is 0 Å². The Hall–Kier alpha value is -8.92. The Balaban J connectivity index is 1.29. The Kier molecular flexibility index (Phi) is 9.64. The number of fused-ring (bicyclic) bond motifs is 3. The number of phenolic OH excluding ortho intramolecular Hbond substituents is 11. The predicted molar refractivity (Wildman–Crippen MR) is 204 cm³/mol. The smallest absolute Gasteiger partial charge is 0.340 e. The fourth-order valence-electron chi connectivity index (χ4n) is 8.26. The first-order valence-corrected chi connectivity index (χ1v) is 19.1. The van der Waals surface area contributed by atoms with Crippen LogP contribution >= 0.6 is 0 Å². The Labute approximate surface area is 373 Å². The molecule has 4 aromatic rings. The van der Waals surface area contributed by atoms with E-state index in [1.165, 1.54) is 0 Å². The number of aromatic hydroxyl groups is 11. The molecule has 0 aromatic heterocycles. The molecule has 68 heavy (non-hydrogen) atoms. The minimum Gasteiger partial charge on any atom is -0.504 e. The van der Waals surface area contributed by atoms with Crippen LogP contribution < -0.4 is 4.74 Å². The Morgan fingerprint density at radius 2 is 1.07 bits per heavy atom. The van der Waals surface area contributed by atoms with E-state index in [4.69, 9.17) is 33.2 Å². The Bertz CT molecular complexity index is 3020. The lowest BCUT2D eigenvalue weighted by molar-refractivity contribution is -0.323. The minimum absolute atomic E-state index is 0.182. The van der Waals surface area contributed by atoms with Crippen molar-refractivity contribution < 1.29 is 133 Å². The third-order valence-electron chi connectivity index (χ3n) is 11.5. The van der Waals surface area contributed by atoms with Crippen molar-refractivity contribution in [3.05, 3.63) is 69.8 Å². The van der Waals surface area contributed by atoms with Crippen LogP contribution in [0.25, 0.3) is 11.1 Å². The number of rotatable bonds is 2. The number of aliphatic hydroxyl groups is 3. The maximum absolute atomic E-state index is 14.6. The topological polar surface area (TPSA) is 450 Å². The zero-order valence-electron chi connectivity index (χ0n) is 33.2. The number of hydrogen-bond donors (Lipinski definition) is 14. The number of carbonyl (C=O) groups is 6. The molecule has 9 rings (SSSR count). The summed E-state index contributed by atoms with van der Waals surface area (Å²) >= 11 is 0. The number of phenols is 11. The minimum atomic E-state index is -4.03. The van der Waals surface area contributed by atoms with Gasteiger partial charge in [0.05, 0.1) is 33.7 Å². The molecule has 0 radical (unpaired) electrons. The molecule has 5 aliphatic rings. The van der Waals surface area contributed by atoms with E-state index in [-0.39, 0.29) is 6.08 Å². The molecule has 4 aliphatic heterocycles. The van der Waals surface area contributed by atoms with Crippen LogP contribution in [0, 0.1) is 0 Å². The summed E-state index contributed by atoms with van der Waals surface area (Å²) in [6.45, 7) is -1.29. The summed E-state index contributed by atoms with van der Waals surface area (Å²) in [5, 5.41) is 150. The first-order chi connectivity index (χ1) is 31.9. The summed E-state index contributed by atoms with van der Waals surface area (Å²) in [4.78, 5) is 84.7. The maximum Gasteiger partial charge on any atom is 0.340 e. The fourth-order valence-corrected chi connectivity index (χ4v) is 8.26. The number of esters is 5. The van der Waals surface area contributed by atoms with E-state index >= 15 is 0 Å². The van der Waals surface area contributed by atoms with Crippen molar-refractivity contribution in [1.82, 2.24) is 0 Å². The van der Waals surface area contributed by atoms with Crippen LogP contribution in [0.5, 0.6) is 69.0 Å². The molecule has 4 heterocycles. The molecule has 1 fully saturated rings. The summed E-state index contributed by atoms with van der Waals surface area (Å²) in [7, 11) is 0. The molecule has 14 N–H and O–H groups in total. The van der Waals surface area contributed by atoms with Gasteiger partial charge < -0.3 is 105 Å². The number of cyclic esters (lactones) is 1. The lowest BCUT2D eigenvalue weighted by atomic mass is 9.74. The zero-order valence-corrected chi connectivity index (χ0v) is 33.2. The second-order valence-electron chi connectivity index (χ2n) is 15.5. The quantitative estimate of drug-likeness (QED) is 0.0491. The van der Waals surface area contributed by atoms with Crippen LogP contribution in [0.4, 0.5) is 0 Å². The summed E-state index contributed by atoms with van der Waals surface area (Å²) in [5.41, 5.74) is -8.23. The van der Waals surface area contributed by atoms with Crippen LogP contribution in [-0.2, 0) is 38.0 Å². The van der Waals surface area contributed by atoms with Gasteiger partial charge in [-0.15, -0.1) is 0 Å². The number of carbonyl (C=O) groups excluding carboxylic acids is 6. The predicted octanol–water partition coefficient (Wildman–Crippen LogP) is -1.10. The molecular formula is C41H28O27. The van der Waals surface area contributed by atoms with E-state index in [0.29, 0.717) is 30.3 Å². The van der Waals surface area contributed by atoms with Gasteiger partial charge in [-0.1, -0.05) is 0 Å². The monoisotopic (exact) mass is 952 g/mol. The number of ketones is 1. The largest absolute Gasteiger partial charge is 0.504 e. The summed E-state index contributed by atoms with van der Waals surface area (Å²) in [6, 6.07) is 2.38. The van der Waals surface area contributed by atoms with Crippen molar-refractivity contribution >= 4 is 35.6 Å². The van der Waals surface area contributed by atoms with Crippen molar-refractivity contribution in [2.75, 3.05) is 6.61 Å². The first kappa shape index (κ1) is 44.3. The molecule has 4 bridgehead atoms. The molecule has 27 nitrogen and oxygen atoms in total. The average molecular weight is 953 g/mol. The molecule has 27 heteroatoms. The third kappa shape index (κ3) is 6.21. The SMILES string of the molecule is O=C1O[C@H]2[C@H](OC(=O)c3cc(O)c(O)c(O)c3)O[C@@H]3COC(=O)c4cc(O)c(O)c(O)c4-c4c(cc(O)c(O)c4O)C(=O)O[C@H]2[C@@H]3OC(=O)c2cc(O)c(O)c3c2[C@@H]2C1=CC(=O)C(O)(O)[C@@]2(O)O3. The molecule has 1 saturated heterocycles. The lowest BCUT2D eigenvalue weighted by Crippen LogP contribution is -2.66. The van der Waals surface area contributed by atoms with Gasteiger partial charge in [-0.2, -0.15) is 0 Å². The van der Waals surface area contributed by atoms with Gasteiger partial charge in [-0.25, -0.2) is 24.0 Å². The van der Waals surface area contributed by atoms with Gasteiger partial charge in [0.2, 0.25) is 35.4 Å². The normalized spacial score (nSPS) is 25.7. The molecular weight excluding hydrogens is 924 g/mol. The highest BCUT2D eigenvalue weighted by atomic mass is 16.8. The van der Waals surface area contributed by atoms with Gasteiger partial charge in [0.25, 0.3) is 11.6 Å². The zero-order chi connectivity index (χ0) is 49.4. The summed E-state index contributed by atoms with van der Waals surface area (Å²) in [6.07, 6.45) is -12.1. The second kappa shape index (κ2) is 14.8. The molecule has 1 aliphatic carbocycles. The van der Waals surface area contributed by atoms with Gasteiger partial charge in [-0.3, -0.25) is 4.79 Å². The Morgan fingerprint density at radius 1 is 0.574 bits per heavy atom. The highest BCUT2D eigenvalue weighted by molar-refractivity contribution is 6.09. The highest BCUT2D eigenvalue weighted by Crippen LogP contribution is 2.60. The molecule has 4 aromatic carbocycles. The molecule has 0 amide bonds. The molecule has 0 unspecified atom stereocenters. The average Bonchev–Trinajstić information content (AvgIpc) is 3.61. The van der Waals surface area contributed by atoms with Gasteiger partial charge in [-0.05, 0) is 36.4 Å². The van der Waals surface area contributed by atoms with Crippen molar-refractivity contribution in [1.29, 1.82) is 0 Å². The fraction of sp³-hybridized carbons (Fsp3) is 0.220. The highest BCUT2D eigenvalue weighted by Gasteiger charge is 2.70. The van der Waals surface area contributed by atoms with Gasteiger partial charge in [0, 0.05) is 16.7 Å². The standard InChI is InChI=1S/C41H28O27/c42-13-1-8(2-14(43)24(13)48)34(54)67-39-33-32-30(64-37(57)11-5-17(46)27(51)31-22(11)23-12(38(58)66-33)6-19(47)40(59,60)41(23,61)68-31)18(63-39)7-62-35(55)9-3-15(44)25(49)28(52)20(9)21-10(36(56)65-32)4-16(45)26(50)29(21)53/h1-6,18,23,30,32-33,39,42-46,48-53,59-61H,7H2/t18-,23+,30-,32+,33-,39+,41+/m1/s1. The second-order valence-corrected chi connectivity index (χ2v) is 15.5. The number of ether oxygens (including phenoxy) is 7. The van der Waals surface area contributed by atoms with E-state index in [1.807, 2.05) is 0 Å². The Morgan fingerprint density at radius 3 is 1.68 bits per heavy atom. The molecule has 0 saturated carbocycles. The molecule has 0 spiro atoms. The lowest BCUT2D eigenvalue weighted by Gasteiger charge is -2.44.